The molecule has 10 nitrogen and oxygen atoms in total. The van der Waals surface area contributed by atoms with Gasteiger partial charge in [-0.15, -0.1) is 0 Å². The Morgan fingerprint density at radius 2 is 1.84 bits per heavy atom. The second-order valence-electron chi connectivity index (χ2n) is 11.4. The number of carbonyl (C=O) groups excluding carboxylic acids is 1. The van der Waals surface area contributed by atoms with E-state index in [4.69, 9.17) is 20.2 Å². The quantitative estimate of drug-likeness (QED) is 0.441. The van der Waals surface area contributed by atoms with Crippen molar-refractivity contribution in [1.82, 2.24) is 15.0 Å². The van der Waals surface area contributed by atoms with Crippen molar-refractivity contribution in [2.45, 2.75) is 75.9 Å². The average Bonchev–Trinajstić information content (AvgIpc) is 2.77. The third-order valence-corrected chi connectivity index (χ3v) is 9.17. The molecule has 1 atom stereocenters. The number of hydrogen-bond acceptors (Lipinski definition) is 10. The normalized spacial score (nSPS) is 22.8. The molecule has 0 radical (unpaired) electrons. The highest BCUT2D eigenvalue weighted by molar-refractivity contribution is 7.91. The number of aromatic nitrogens is 3. The monoisotopic (exact) mass is 539 g/mol. The third-order valence-electron chi connectivity index (χ3n) is 7.57. The number of nitrogens with two attached hydrogens (primary N) is 1. The van der Waals surface area contributed by atoms with Crippen LogP contribution in [0.3, 0.4) is 0 Å². The molecular weight excluding hydrogens is 506 g/mol. The summed E-state index contributed by atoms with van der Waals surface area (Å²) >= 11 is 0. The molecule has 1 saturated carbocycles. The summed E-state index contributed by atoms with van der Waals surface area (Å²) in [4.78, 5) is 26.2. The summed E-state index contributed by atoms with van der Waals surface area (Å²) in [5.41, 5.74) is 7.06. The Kier molecular flexibility index (Phi) is 6.14. The van der Waals surface area contributed by atoms with Gasteiger partial charge in [-0.05, 0) is 56.8 Å². The maximum absolute atomic E-state index is 12.4. The maximum Gasteiger partial charge on any atom is 0.340 e. The van der Waals surface area contributed by atoms with Gasteiger partial charge in [0.15, 0.2) is 9.84 Å². The Bertz CT molecular complexity index is 1540. The predicted molar refractivity (Wildman–Crippen MR) is 144 cm³/mol. The van der Waals surface area contributed by atoms with E-state index in [0.29, 0.717) is 47.0 Å². The summed E-state index contributed by atoms with van der Waals surface area (Å²) in [5, 5.41) is 4.37. The van der Waals surface area contributed by atoms with Crippen molar-refractivity contribution >= 4 is 38.2 Å². The van der Waals surface area contributed by atoms with Gasteiger partial charge in [0, 0.05) is 42.9 Å². The zero-order valence-corrected chi connectivity index (χ0v) is 23.2. The van der Waals surface area contributed by atoms with Crippen LogP contribution in [-0.4, -0.2) is 52.5 Å². The van der Waals surface area contributed by atoms with Crippen LogP contribution in [0, 0.1) is 0 Å². The zero-order valence-electron chi connectivity index (χ0n) is 22.4. The number of nitrogens with zero attached hydrogens (tertiary/aromatic N) is 3. The van der Waals surface area contributed by atoms with Crippen LogP contribution in [0.1, 0.15) is 75.0 Å². The first-order chi connectivity index (χ1) is 17.6. The number of ether oxygens (including phenoxy) is 2. The lowest BCUT2D eigenvalue weighted by Gasteiger charge is -2.36. The highest BCUT2D eigenvalue weighted by Crippen LogP contribution is 2.39. The Morgan fingerprint density at radius 3 is 2.50 bits per heavy atom. The number of hydrogen-bond donors (Lipinski definition) is 2. The van der Waals surface area contributed by atoms with E-state index in [0.717, 1.165) is 10.9 Å². The van der Waals surface area contributed by atoms with E-state index in [-0.39, 0.29) is 23.2 Å². The van der Waals surface area contributed by atoms with Crippen molar-refractivity contribution in [3.63, 3.8) is 0 Å². The molecule has 1 aliphatic carbocycles. The summed E-state index contributed by atoms with van der Waals surface area (Å²) in [6.45, 7) is 9.53. The number of nitrogens with one attached hydrogen (secondary N) is 1. The fourth-order valence-electron chi connectivity index (χ4n) is 4.80. The Labute approximate surface area is 222 Å². The van der Waals surface area contributed by atoms with Gasteiger partial charge in [0.05, 0.1) is 21.9 Å². The summed E-state index contributed by atoms with van der Waals surface area (Å²) in [6, 6.07) is 5.31. The van der Waals surface area contributed by atoms with Crippen molar-refractivity contribution in [1.29, 1.82) is 0 Å². The summed E-state index contributed by atoms with van der Waals surface area (Å²) in [6.07, 6.45) is 5.27. The highest BCUT2D eigenvalue weighted by Gasteiger charge is 2.40. The third kappa shape index (κ3) is 4.80. The van der Waals surface area contributed by atoms with Gasteiger partial charge in [-0.3, -0.25) is 0 Å². The molecule has 1 unspecified atom stereocenters. The van der Waals surface area contributed by atoms with Crippen molar-refractivity contribution in [3.8, 4) is 5.88 Å². The van der Waals surface area contributed by atoms with Crippen molar-refractivity contribution in [3.05, 3.63) is 47.4 Å². The lowest BCUT2D eigenvalue weighted by atomic mass is 9.84. The SMILES string of the molecule is CC1c2nc(Nc3cc4c(C(C)(C)N)cnc(OC5CC(S(C)(=O)=O)C5)c4cn3)ccc2C(=O)OC1(C)C. The van der Waals surface area contributed by atoms with E-state index in [1.807, 2.05) is 40.7 Å². The fourth-order valence-corrected chi connectivity index (χ4v) is 5.93. The number of sulfone groups is 1. The maximum atomic E-state index is 12.4. The minimum Gasteiger partial charge on any atom is -0.474 e. The molecule has 4 heterocycles. The first kappa shape index (κ1) is 26.3. The van der Waals surface area contributed by atoms with Gasteiger partial charge in [0.2, 0.25) is 5.88 Å². The molecule has 11 heteroatoms. The summed E-state index contributed by atoms with van der Waals surface area (Å²) in [5.74, 6) is 1.01. The minimum absolute atomic E-state index is 0.0919. The van der Waals surface area contributed by atoms with Crippen LogP contribution in [0.2, 0.25) is 0 Å². The second-order valence-corrected chi connectivity index (χ2v) is 13.8. The molecule has 202 valence electrons. The predicted octanol–water partition coefficient (Wildman–Crippen LogP) is 3.97. The van der Waals surface area contributed by atoms with E-state index >= 15 is 0 Å². The molecule has 3 aromatic rings. The largest absolute Gasteiger partial charge is 0.474 e. The topological polar surface area (TPSA) is 146 Å². The van der Waals surface area contributed by atoms with Gasteiger partial charge in [0.1, 0.15) is 23.3 Å². The van der Waals surface area contributed by atoms with E-state index in [1.54, 1.807) is 24.5 Å². The number of cyclic esters (lactones) is 1. The van der Waals surface area contributed by atoms with Crippen LogP contribution in [-0.2, 0) is 20.1 Å². The molecule has 0 spiro atoms. The summed E-state index contributed by atoms with van der Waals surface area (Å²) in [7, 11) is -3.08. The van der Waals surface area contributed by atoms with Gasteiger partial charge in [-0.1, -0.05) is 6.92 Å². The lowest BCUT2D eigenvalue weighted by molar-refractivity contribution is -0.0189. The molecule has 2 aliphatic rings. The molecule has 3 N–H and O–H groups in total. The average molecular weight is 540 g/mol. The van der Waals surface area contributed by atoms with Gasteiger partial charge in [-0.2, -0.15) is 0 Å². The van der Waals surface area contributed by atoms with Crippen LogP contribution in [0.15, 0.2) is 30.6 Å². The van der Waals surface area contributed by atoms with E-state index in [9.17, 15) is 13.2 Å². The number of fused-ring (bicyclic) bond motifs is 2. The molecule has 5 rings (SSSR count). The molecule has 3 aromatic heterocycles. The summed E-state index contributed by atoms with van der Waals surface area (Å²) < 4.78 is 35.2. The molecule has 38 heavy (non-hydrogen) atoms. The molecule has 0 amide bonds. The van der Waals surface area contributed by atoms with Crippen LogP contribution < -0.4 is 15.8 Å². The van der Waals surface area contributed by atoms with E-state index in [1.165, 1.54) is 6.26 Å². The second kappa shape index (κ2) is 8.88. The Hall–Kier alpha value is -3.31. The van der Waals surface area contributed by atoms with Crippen LogP contribution in [0.5, 0.6) is 5.88 Å². The number of carbonyl (C=O) groups is 1. The van der Waals surface area contributed by atoms with Crippen molar-refractivity contribution in [2.75, 3.05) is 11.6 Å². The van der Waals surface area contributed by atoms with Crippen molar-refractivity contribution < 1.29 is 22.7 Å². The molecule has 1 aliphatic heterocycles. The van der Waals surface area contributed by atoms with Gasteiger partial charge < -0.3 is 20.5 Å². The number of anilines is 2. The Morgan fingerprint density at radius 1 is 1.13 bits per heavy atom. The number of esters is 1. The fraction of sp³-hybridized carbons (Fsp3) is 0.481. The van der Waals surface area contributed by atoms with E-state index in [2.05, 4.69) is 15.3 Å². The van der Waals surface area contributed by atoms with Crippen LogP contribution in [0.4, 0.5) is 11.6 Å². The van der Waals surface area contributed by atoms with E-state index < -0.39 is 21.0 Å². The van der Waals surface area contributed by atoms with Crippen molar-refractivity contribution in [2.24, 2.45) is 5.73 Å². The van der Waals surface area contributed by atoms with Crippen LogP contribution >= 0.6 is 0 Å². The zero-order chi connectivity index (χ0) is 27.6. The highest BCUT2D eigenvalue weighted by atomic mass is 32.2. The molecule has 0 saturated heterocycles. The number of pyridine rings is 3. The minimum atomic E-state index is -3.08. The number of rotatable bonds is 6. The molecular formula is C27H33N5O5S. The molecule has 0 aromatic carbocycles. The first-order valence-electron chi connectivity index (χ1n) is 12.6. The molecule has 1 fully saturated rings. The standard InChI is InChI=1S/C27H33N5O5S/c1-14-23-17(25(33)37-27(14,4)5)7-8-21(32-23)31-22-11-18-19(12-29-22)24(30-13-20(18)26(2,3)28)36-15-9-16(10-15)38(6,34)35/h7-8,11-16H,9-10,28H2,1-6H3,(H,29,31,32). The Balaban J connectivity index is 1.47. The lowest BCUT2D eigenvalue weighted by Crippen LogP contribution is -2.42. The van der Waals surface area contributed by atoms with Gasteiger partial charge in [-0.25, -0.2) is 28.2 Å². The van der Waals surface area contributed by atoms with Gasteiger partial charge in [0.25, 0.3) is 0 Å². The molecule has 0 bridgehead atoms. The first-order valence-corrected chi connectivity index (χ1v) is 14.5. The van der Waals surface area contributed by atoms with Gasteiger partial charge >= 0.3 is 5.97 Å². The smallest absolute Gasteiger partial charge is 0.340 e. The van der Waals surface area contributed by atoms with Crippen LogP contribution in [0.25, 0.3) is 10.8 Å².